The van der Waals surface area contributed by atoms with Gasteiger partial charge in [0.15, 0.2) is 6.54 Å². The van der Waals surface area contributed by atoms with E-state index in [9.17, 15) is 9.90 Å². The van der Waals surface area contributed by atoms with E-state index in [0.29, 0.717) is 6.54 Å². The van der Waals surface area contributed by atoms with Crippen molar-refractivity contribution in [1.82, 2.24) is 0 Å². The predicted octanol–water partition coefficient (Wildman–Crippen LogP) is 2.58. The number of quaternary nitrogens is 1. The normalized spacial score (nSPS) is 29.0. The van der Waals surface area contributed by atoms with E-state index >= 15 is 0 Å². The number of amides is 1. The third-order valence-electron chi connectivity index (χ3n) is 6.71. The predicted molar refractivity (Wildman–Crippen MR) is 113 cm³/mol. The molecule has 1 unspecified atom stereocenters. The first-order valence-corrected chi connectivity index (χ1v) is 10.7. The molecule has 4 rings (SSSR count). The molecule has 1 saturated heterocycles. The molecule has 5 heteroatoms. The molecule has 1 saturated carbocycles. The lowest BCUT2D eigenvalue weighted by Gasteiger charge is -2.50. The van der Waals surface area contributed by atoms with Crippen LogP contribution in [0.1, 0.15) is 43.7 Å². The quantitative estimate of drug-likeness (QED) is 0.729. The summed E-state index contributed by atoms with van der Waals surface area (Å²) in [6.45, 7) is 1.15. The van der Waals surface area contributed by atoms with Crippen molar-refractivity contribution in [2.75, 3.05) is 25.5 Å². The van der Waals surface area contributed by atoms with Gasteiger partial charge in [0.05, 0.1) is 24.8 Å². The smallest absolute Gasteiger partial charge is 0.279 e. The van der Waals surface area contributed by atoms with E-state index in [1.807, 2.05) is 48.5 Å². The minimum atomic E-state index is -0.636. The molecule has 1 amide bonds. The van der Waals surface area contributed by atoms with Crippen LogP contribution >= 0.6 is 0 Å². The number of methoxy groups -OCH3 is 1. The molecule has 4 atom stereocenters. The SMILES string of the molecule is COc1ccccc1[C@@H]1[C@H]2CCCC[C@]2(O)CC[NH+]1CC(=O)Nc1ccccc1. The highest BCUT2D eigenvalue weighted by molar-refractivity contribution is 5.91. The number of benzene rings is 2. The lowest BCUT2D eigenvalue weighted by atomic mass is 9.66. The molecular formula is C24H31N2O3+. The Morgan fingerprint density at radius 2 is 1.90 bits per heavy atom. The number of aliphatic hydroxyl groups is 1. The number of piperidine rings is 1. The molecule has 2 aromatic carbocycles. The number of rotatable bonds is 5. The number of fused-ring (bicyclic) bond motifs is 1. The molecule has 29 heavy (non-hydrogen) atoms. The fraction of sp³-hybridized carbons (Fsp3) is 0.458. The average molecular weight is 396 g/mol. The van der Waals surface area contributed by atoms with Gasteiger partial charge in [-0.25, -0.2) is 0 Å². The molecule has 0 spiro atoms. The Bertz CT molecular complexity index is 841. The molecule has 0 radical (unpaired) electrons. The first-order chi connectivity index (χ1) is 14.1. The zero-order valence-corrected chi connectivity index (χ0v) is 17.1. The van der Waals surface area contributed by atoms with Crippen LogP contribution in [0.5, 0.6) is 5.75 Å². The van der Waals surface area contributed by atoms with E-state index in [-0.39, 0.29) is 17.9 Å². The lowest BCUT2D eigenvalue weighted by molar-refractivity contribution is -0.937. The molecule has 5 nitrogen and oxygen atoms in total. The van der Waals surface area contributed by atoms with E-state index < -0.39 is 5.60 Å². The maximum Gasteiger partial charge on any atom is 0.279 e. The van der Waals surface area contributed by atoms with E-state index in [4.69, 9.17) is 4.74 Å². The Balaban J connectivity index is 1.61. The second-order valence-electron chi connectivity index (χ2n) is 8.42. The van der Waals surface area contributed by atoms with Crippen LogP contribution in [0.15, 0.2) is 54.6 Å². The Morgan fingerprint density at radius 1 is 1.14 bits per heavy atom. The van der Waals surface area contributed by atoms with Crippen molar-refractivity contribution in [1.29, 1.82) is 0 Å². The fourth-order valence-corrected chi connectivity index (χ4v) is 5.35. The monoisotopic (exact) mass is 395 g/mol. The van der Waals surface area contributed by atoms with Gasteiger partial charge in [0.2, 0.25) is 0 Å². The van der Waals surface area contributed by atoms with Crippen molar-refractivity contribution < 1.29 is 19.5 Å². The molecule has 0 bridgehead atoms. The van der Waals surface area contributed by atoms with Gasteiger partial charge in [0.25, 0.3) is 5.91 Å². The molecule has 1 aliphatic heterocycles. The van der Waals surface area contributed by atoms with Crippen LogP contribution in [0.2, 0.25) is 0 Å². The highest BCUT2D eigenvalue weighted by Crippen LogP contribution is 2.45. The summed E-state index contributed by atoms with van der Waals surface area (Å²) >= 11 is 0. The maximum atomic E-state index is 12.8. The standard InChI is InChI=1S/C24H30N2O3/c1-29-21-13-6-5-11-19(21)23-20-12-7-8-14-24(20,28)15-16-26(23)17-22(27)25-18-9-3-2-4-10-18/h2-6,9-11,13,20,23,28H,7-8,12,14-17H2,1H3,(H,25,27)/p+1/t20-,23-,24+/m1/s1. The first kappa shape index (κ1) is 19.9. The summed E-state index contributed by atoms with van der Waals surface area (Å²) in [5, 5.41) is 14.4. The number of hydrogen-bond donors (Lipinski definition) is 3. The highest BCUT2D eigenvalue weighted by atomic mass is 16.5. The number of anilines is 1. The topological polar surface area (TPSA) is 63.0 Å². The molecule has 1 aliphatic carbocycles. The van der Waals surface area contributed by atoms with Crippen LogP contribution in [0.3, 0.4) is 0 Å². The average Bonchev–Trinajstić information content (AvgIpc) is 2.74. The minimum absolute atomic E-state index is 0.00680. The van der Waals surface area contributed by atoms with Crippen LogP contribution in [0.25, 0.3) is 0 Å². The van der Waals surface area contributed by atoms with Gasteiger partial charge in [-0.1, -0.05) is 43.2 Å². The second-order valence-corrected chi connectivity index (χ2v) is 8.42. The van der Waals surface area contributed by atoms with Crippen LogP contribution in [0.4, 0.5) is 5.69 Å². The molecule has 2 fully saturated rings. The Hall–Kier alpha value is -2.37. The van der Waals surface area contributed by atoms with Crippen molar-refractivity contribution in [3.8, 4) is 5.75 Å². The third kappa shape index (κ3) is 4.16. The van der Waals surface area contributed by atoms with Gasteiger partial charge in [0, 0.05) is 18.0 Å². The van der Waals surface area contributed by atoms with Crippen LogP contribution in [-0.2, 0) is 4.79 Å². The van der Waals surface area contributed by atoms with E-state index in [0.717, 1.165) is 55.6 Å². The fourth-order valence-electron chi connectivity index (χ4n) is 5.35. The number of para-hydroxylation sites is 2. The van der Waals surface area contributed by atoms with Crippen molar-refractivity contribution >= 4 is 11.6 Å². The molecular weight excluding hydrogens is 364 g/mol. The van der Waals surface area contributed by atoms with Crippen molar-refractivity contribution in [2.24, 2.45) is 5.92 Å². The van der Waals surface area contributed by atoms with Crippen molar-refractivity contribution in [3.63, 3.8) is 0 Å². The summed E-state index contributed by atoms with van der Waals surface area (Å²) < 4.78 is 5.66. The van der Waals surface area contributed by atoms with E-state index in [2.05, 4.69) is 11.4 Å². The van der Waals surface area contributed by atoms with Crippen molar-refractivity contribution in [2.45, 2.75) is 43.7 Å². The Morgan fingerprint density at radius 3 is 2.69 bits per heavy atom. The van der Waals surface area contributed by atoms with E-state index in [1.54, 1.807) is 7.11 Å². The van der Waals surface area contributed by atoms with Crippen LogP contribution in [-0.4, -0.2) is 36.8 Å². The van der Waals surface area contributed by atoms with Gasteiger partial charge in [0.1, 0.15) is 11.8 Å². The number of likely N-dealkylation sites (tertiary alicyclic amines) is 1. The third-order valence-corrected chi connectivity index (χ3v) is 6.71. The second kappa shape index (κ2) is 8.56. The van der Waals surface area contributed by atoms with Gasteiger partial charge in [-0.3, -0.25) is 4.79 Å². The number of hydrogen-bond acceptors (Lipinski definition) is 3. The zero-order chi connectivity index (χ0) is 20.3. The summed E-state index contributed by atoms with van der Waals surface area (Å²) in [5.74, 6) is 0.987. The summed E-state index contributed by atoms with van der Waals surface area (Å²) in [4.78, 5) is 14.0. The Kier molecular flexibility index (Phi) is 5.88. The minimum Gasteiger partial charge on any atom is -0.496 e. The largest absolute Gasteiger partial charge is 0.496 e. The molecule has 3 N–H and O–H groups in total. The van der Waals surface area contributed by atoms with Crippen molar-refractivity contribution in [3.05, 3.63) is 60.2 Å². The molecule has 154 valence electrons. The number of carbonyl (C=O) groups excluding carboxylic acids is 1. The highest BCUT2D eigenvalue weighted by Gasteiger charge is 2.52. The van der Waals surface area contributed by atoms with Gasteiger partial charge in [-0.2, -0.15) is 0 Å². The summed E-state index contributed by atoms with van der Waals surface area (Å²) in [5.41, 5.74) is 1.28. The van der Waals surface area contributed by atoms with Gasteiger partial charge in [-0.05, 0) is 37.1 Å². The molecule has 2 aromatic rings. The number of carbonyl (C=O) groups is 1. The summed E-state index contributed by atoms with van der Waals surface area (Å²) in [6, 6.07) is 17.7. The number of ether oxygens (including phenoxy) is 1. The molecule has 1 heterocycles. The number of nitrogens with one attached hydrogen (secondary N) is 2. The van der Waals surface area contributed by atoms with E-state index in [1.165, 1.54) is 4.90 Å². The molecule has 0 aromatic heterocycles. The van der Waals surface area contributed by atoms with Gasteiger partial charge < -0.3 is 20.1 Å². The first-order valence-electron chi connectivity index (χ1n) is 10.7. The molecule has 2 aliphatic rings. The van der Waals surface area contributed by atoms with Crippen LogP contribution in [0, 0.1) is 5.92 Å². The lowest BCUT2D eigenvalue weighted by Crippen LogP contribution is -3.16. The van der Waals surface area contributed by atoms with Crippen LogP contribution < -0.4 is 15.0 Å². The zero-order valence-electron chi connectivity index (χ0n) is 17.1. The maximum absolute atomic E-state index is 12.8. The van der Waals surface area contributed by atoms with Gasteiger partial charge >= 0.3 is 0 Å². The summed E-state index contributed by atoms with van der Waals surface area (Å²) in [6.07, 6.45) is 4.80. The van der Waals surface area contributed by atoms with Gasteiger partial charge in [-0.15, -0.1) is 0 Å². The summed E-state index contributed by atoms with van der Waals surface area (Å²) in [7, 11) is 1.69. The Labute approximate surface area is 172 Å².